The molecule has 1 unspecified atom stereocenters. The van der Waals surface area contributed by atoms with Gasteiger partial charge in [0.15, 0.2) is 0 Å². The molecule has 4 aromatic rings. The van der Waals surface area contributed by atoms with E-state index in [1.54, 1.807) is 36.6 Å². The lowest BCUT2D eigenvalue weighted by Crippen LogP contribution is -2.27. The Balaban J connectivity index is 1.40. The zero-order chi connectivity index (χ0) is 27.7. The topological polar surface area (TPSA) is 116 Å². The lowest BCUT2D eigenvalue weighted by Gasteiger charge is -2.14. The minimum absolute atomic E-state index is 0.175. The molecular formula is C31H30N4O4. The van der Waals surface area contributed by atoms with Crippen LogP contribution in [0, 0.1) is 13.8 Å². The van der Waals surface area contributed by atoms with Crippen LogP contribution in [0.2, 0.25) is 0 Å². The number of benzene rings is 2. The fourth-order valence-electron chi connectivity index (χ4n) is 4.86. The lowest BCUT2D eigenvalue weighted by molar-refractivity contribution is -0.110. The Hall–Kier alpha value is -4.85. The first-order valence-electron chi connectivity index (χ1n) is 12.8. The summed E-state index contributed by atoms with van der Waals surface area (Å²) in [6, 6.07) is 18.0. The molecule has 5 rings (SSSR count). The summed E-state index contributed by atoms with van der Waals surface area (Å²) in [6.07, 6.45) is 3.29. The van der Waals surface area contributed by atoms with Gasteiger partial charge in [-0.05, 0) is 75.2 Å². The smallest absolute Gasteiger partial charge is 0.256 e. The van der Waals surface area contributed by atoms with Gasteiger partial charge in [-0.15, -0.1) is 0 Å². The van der Waals surface area contributed by atoms with Crippen molar-refractivity contribution in [2.45, 2.75) is 39.8 Å². The molecule has 2 aromatic heterocycles. The molecule has 0 fully saturated rings. The van der Waals surface area contributed by atoms with E-state index in [2.05, 4.69) is 20.9 Å². The monoisotopic (exact) mass is 522 g/mol. The summed E-state index contributed by atoms with van der Waals surface area (Å²) in [4.78, 5) is 42.3. The van der Waals surface area contributed by atoms with Crippen molar-refractivity contribution in [1.29, 1.82) is 0 Å². The van der Waals surface area contributed by atoms with Crippen molar-refractivity contribution in [3.05, 3.63) is 112 Å². The Morgan fingerprint density at radius 1 is 0.923 bits per heavy atom. The number of hydrogen-bond acceptors (Lipinski definition) is 4. The Kier molecular flexibility index (Phi) is 6.94. The number of aryl methyl sites for hydroxylation is 1. The highest BCUT2D eigenvalue weighted by Crippen LogP contribution is 2.35. The van der Waals surface area contributed by atoms with Crippen LogP contribution in [0.1, 0.15) is 80.5 Å². The van der Waals surface area contributed by atoms with Crippen LogP contribution in [-0.4, -0.2) is 22.7 Å². The van der Waals surface area contributed by atoms with Gasteiger partial charge in [-0.25, -0.2) is 0 Å². The van der Waals surface area contributed by atoms with E-state index in [4.69, 9.17) is 4.42 Å². The molecule has 4 N–H and O–H groups in total. The molecular weight excluding hydrogens is 492 g/mol. The van der Waals surface area contributed by atoms with Crippen LogP contribution < -0.4 is 16.0 Å². The SMILES string of the molecule is Cc1[nH]c(/C=C2\C(=O)Nc3ccc(C(=O)N[C@H](C)c4ccccc4)cc32)c(C)c1C(=O)NC(C)c1ccco1. The summed E-state index contributed by atoms with van der Waals surface area (Å²) in [6.45, 7) is 7.44. The average molecular weight is 523 g/mol. The molecule has 0 saturated heterocycles. The lowest BCUT2D eigenvalue weighted by atomic mass is 10.0. The Morgan fingerprint density at radius 3 is 2.38 bits per heavy atom. The van der Waals surface area contributed by atoms with Crippen LogP contribution in [0.3, 0.4) is 0 Å². The highest BCUT2D eigenvalue weighted by atomic mass is 16.3. The number of hydrogen-bond donors (Lipinski definition) is 4. The molecule has 8 heteroatoms. The van der Waals surface area contributed by atoms with Crippen LogP contribution in [-0.2, 0) is 4.79 Å². The maximum Gasteiger partial charge on any atom is 0.256 e. The molecule has 3 amide bonds. The first-order chi connectivity index (χ1) is 18.7. The third-order valence-electron chi connectivity index (χ3n) is 7.02. The number of amides is 3. The van der Waals surface area contributed by atoms with Crippen molar-refractivity contribution in [3.8, 4) is 0 Å². The number of nitrogens with one attached hydrogen (secondary N) is 4. The van der Waals surface area contributed by atoms with Gasteiger partial charge in [0.1, 0.15) is 5.76 Å². The summed E-state index contributed by atoms with van der Waals surface area (Å²) in [5, 5.41) is 8.84. The molecule has 3 heterocycles. The molecule has 0 spiro atoms. The van der Waals surface area contributed by atoms with Crippen LogP contribution in [0.15, 0.2) is 71.3 Å². The zero-order valence-corrected chi connectivity index (χ0v) is 22.2. The van der Waals surface area contributed by atoms with Crippen molar-refractivity contribution in [3.63, 3.8) is 0 Å². The average Bonchev–Trinajstić information content (AvgIpc) is 3.63. The van der Waals surface area contributed by atoms with Gasteiger partial charge in [0.25, 0.3) is 17.7 Å². The van der Waals surface area contributed by atoms with Gasteiger partial charge in [0, 0.05) is 28.2 Å². The summed E-state index contributed by atoms with van der Waals surface area (Å²) in [5.74, 6) is -0.0833. The van der Waals surface area contributed by atoms with E-state index in [9.17, 15) is 14.4 Å². The summed E-state index contributed by atoms with van der Waals surface area (Å²) in [7, 11) is 0. The van der Waals surface area contributed by atoms with Crippen molar-refractivity contribution in [1.82, 2.24) is 15.6 Å². The number of furan rings is 1. The summed E-state index contributed by atoms with van der Waals surface area (Å²) >= 11 is 0. The molecule has 198 valence electrons. The third-order valence-corrected chi connectivity index (χ3v) is 7.02. The summed E-state index contributed by atoms with van der Waals surface area (Å²) in [5.41, 5.74) is 5.69. The molecule has 2 atom stereocenters. The van der Waals surface area contributed by atoms with Crippen LogP contribution in [0.4, 0.5) is 5.69 Å². The highest BCUT2D eigenvalue weighted by Gasteiger charge is 2.27. The second-order valence-electron chi connectivity index (χ2n) is 9.75. The maximum atomic E-state index is 13.1. The second kappa shape index (κ2) is 10.5. The third kappa shape index (κ3) is 5.13. The van der Waals surface area contributed by atoms with Gasteiger partial charge in [0.05, 0.1) is 29.5 Å². The summed E-state index contributed by atoms with van der Waals surface area (Å²) < 4.78 is 5.40. The van der Waals surface area contributed by atoms with E-state index < -0.39 is 0 Å². The fourth-order valence-corrected chi connectivity index (χ4v) is 4.86. The van der Waals surface area contributed by atoms with Crippen LogP contribution in [0.25, 0.3) is 11.6 Å². The Labute approximate surface area is 226 Å². The van der Waals surface area contributed by atoms with Gasteiger partial charge < -0.3 is 25.4 Å². The molecule has 0 radical (unpaired) electrons. The largest absolute Gasteiger partial charge is 0.467 e. The number of aromatic nitrogens is 1. The van der Waals surface area contributed by atoms with E-state index in [-0.39, 0.29) is 29.8 Å². The van der Waals surface area contributed by atoms with Crippen molar-refractivity contribution in [2.75, 3.05) is 5.32 Å². The maximum absolute atomic E-state index is 13.1. The minimum Gasteiger partial charge on any atom is -0.467 e. The van der Waals surface area contributed by atoms with E-state index in [0.717, 1.165) is 11.1 Å². The number of fused-ring (bicyclic) bond motifs is 1. The first kappa shape index (κ1) is 25.8. The van der Waals surface area contributed by atoms with Gasteiger partial charge in [-0.1, -0.05) is 30.3 Å². The van der Waals surface area contributed by atoms with Gasteiger partial charge in [-0.2, -0.15) is 0 Å². The number of rotatable bonds is 7. The van der Waals surface area contributed by atoms with E-state index in [1.165, 1.54) is 0 Å². The molecule has 1 aliphatic rings. The minimum atomic E-state index is -0.301. The quantitative estimate of drug-likeness (QED) is 0.233. The number of H-pyrrole nitrogens is 1. The molecule has 1 aliphatic heterocycles. The van der Waals surface area contributed by atoms with E-state index in [1.807, 2.05) is 64.1 Å². The Bertz CT molecular complexity index is 1580. The van der Waals surface area contributed by atoms with Crippen molar-refractivity contribution >= 4 is 35.1 Å². The van der Waals surface area contributed by atoms with E-state index in [0.29, 0.717) is 45.1 Å². The van der Waals surface area contributed by atoms with Gasteiger partial charge >= 0.3 is 0 Å². The molecule has 2 aromatic carbocycles. The molecule has 8 nitrogen and oxygen atoms in total. The molecule has 0 saturated carbocycles. The zero-order valence-electron chi connectivity index (χ0n) is 22.2. The number of carbonyl (C=O) groups is 3. The predicted octanol–water partition coefficient (Wildman–Crippen LogP) is 5.70. The number of anilines is 1. The van der Waals surface area contributed by atoms with Crippen molar-refractivity contribution in [2.24, 2.45) is 0 Å². The highest BCUT2D eigenvalue weighted by molar-refractivity contribution is 6.35. The first-order valence-corrected chi connectivity index (χ1v) is 12.8. The standard InChI is InChI=1S/C31H30N4O4/c1-17-26(32-20(4)28(17)31(38)34-19(3)27-11-8-14-39-27)16-24-23-15-22(12-13-25(23)35-30(24)37)29(36)33-18(2)21-9-6-5-7-10-21/h5-16,18-19,32H,1-4H3,(H,33,36)(H,34,38)(H,35,37)/b24-16-/t18-,19?/m1/s1. The number of carbonyl (C=O) groups excluding carboxylic acids is 3. The molecule has 39 heavy (non-hydrogen) atoms. The predicted molar refractivity (Wildman–Crippen MR) is 150 cm³/mol. The van der Waals surface area contributed by atoms with Crippen LogP contribution in [0.5, 0.6) is 0 Å². The number of aromatic amines is 1. The van der Waals surface area contributed by atoms with Gasteiger partial charge in [0.2, 0.25) is 0 Å². The van der Waals surface area contributed by atoms with Gasteiger partial charge in [-0.3, -0.25) is 14.4 Å². The normalized spacial score (nSPS) is 15.0. The molecule has 0 aliphatic carbocycles. The van der Waals surface area contributed by atoms with E-state index >= 15 is 0 Å². The van der Waals surface area contributed by atoms with Crippen molar-refractivity contribution < 1.29 is 18.8 Å². The molecule has 0 bridgehead atoms. The fraction of sp³-hybridized carbons (Fsp3) is 0.194. The Morgan fingerprint density at radius 2 is 1.67 bits per heavy atom. The second-order valence-corrected chi connectivity index (χ2v) is 9.75. The van der Waals surface area contributed by atoms with Crippen LogP contribution >= 0.6 is 0 Å².